The molecule has 3 aromatic rings. The molecule has 7 nitrogen and oxygen atoms in total. The Hall–Kier alpha value is -3.26. The van der Waals surface area contributed by atoms with Crippen LogP contribution in [0.5, 0.6) is 0 Å². The molecule has 0 bridgehead atoms. The first-order valence-electron chi connectivity index (χ1n) is 10.2. The number of nitrogens with zero attached hydrogens (tertiary/aromatic N) is 4. The normalized spacial score (nSPS) is 13.9. The maximum absolute atomic E-state index is 12.9. The molecule has 0 atom stereocenters. The number of thiazole rings is 1. The molecule has 2 aromatic heterocycles. The number of piperazine rings is 1. The Morgan fingerprint density at radius 1 is 1.06 bits per heavy atom. The molecule has 1 saturated heterocycles. The quantitative estimate of drug-likeness (QED) is 0.675. The second-order valence-corrected chi connectivity index (χ2v) is 8.81. The van der Waals surface area contributed by atoms with E-state index in [-0.39, 0.29) is 11.8 Å². The molecule has 2 amide bonds. The zero-order valence-electron chi connectivity index (χ0n) is 17.9. The number of hydrogen-bond acceptors (Lipinski definition) is 6. The van der Waals surface area contributed by atoms with Crippen molar-refractivity contribution in [1.29, 1.82) is 0 Å². The lowest BCUT2D eigenvalue weighted by Crippen LogP contribution is -2.49. The van der Waals surface area contributed by atoms with E-state index < -0.39 is 0 Å². The molecule has 0 spiro atoms. The van der Waals surface area contributed by atoms with Gasteiger partial charge >= 0.3 is 0 Å². The van der Waals surface area contributed by atoms with Crippen LogP contribution in [-0.2, 0) is 4.79 Å². The van der Waals surface area contributed by atoms with Crippen LogP contribution in [0.4, 0.5) is 11.5 Å². The Labute approximate surface area is 185 Å². The maximum atomic E-state index is 12.9. The van der Waals surface area contributed by atoms with Gasteiger partial charge in [0, 0.05) is 61.0 Å². The average Bonchev–Trinajstić information content (AvgIpc) is 3.11. The molecule has 0 unspecified atom stereocenters. The predicted molar refractivity (Wildman–Crippen MR) is 124 cm³/mol. The van der Waals surface area contributed by atoms with Gasteiger partial charge in [0.15, 0.2) is 0 Å². The second kappa shape index (κ2) is 8.85. The van der Waals surface area contributed by atoms with E-state index in [1.165, 1.54) is 11.8 Å². The fourth-order valence-electron chi connectivity index (χ4n) is 3.55. The highest BCUT2D eigenvalue weighted by Gasteiger charge is 2.23. The summed E-state index contributed by atoms with van der Waals surface area (Å²) in [5.74, 6) is 0.732. The highest BCUT2D eigenvalue weighted by atomic mass is 32.1. The molecule has 4 rings (SSSR count). The Bertz CT molecular complexity index is 1080. The van der Waals surface area contributed by atoms with Gasteiger partial charge in [-0.3, -0.25) is 9.59 Å². The molecule has 1 aliphatic rings. The van der Waals surface area contributed by atoms with Crippen molar-refractivity contribution in [2.45, 2.75) is 20.8 Å². The van der Waals surface area contributed by atoms with Crippen molar-refractivity contribution in [2.75, 3.05) is 36.4 Å². The fourth-order valence-corrected chi connectivity index (χ4v) is 4.45. The van der Waals surface area contributed by atoms with Gasteiger partial charge in [0.25, 0.3) is 5.91 Å². The first kappa shape index (κ1) is 21.0. The van der Waals surface area contributed by atoms with Crippen molar-refractivity contribution in [3.63, 3.8) is 0 Å². The summed E-state index contributed by atoms with van der Waals surface area (Å²) >= 11 is 1.68. The van der Waals surface area contributed by atoms with Gasteiger partial charge < -0.3 is 15.1 Å². The molecule has 0 aliphatic carbocycles. The summed E-state index contributed by atoms with van der Waals surface area (Å²) in [7, 11) is 0. The first-order chi connectivity index (χ1) is 14.9. The summed E-state index contributed by atoms with van der Waals surface area (Å²) in [4.78, 5) is 38.6. The second-order valence-electron chi connectivity index (χ2n) is 7.61. The van der Waals surface area contributed by atoms with Crippen LogP contribution in [0.1, 0.15) is 27.9 Å². The lowest BCUT2D eigenvalue weighted by atomic mass is 10.1. The molecule has 31 heavy (non-hydrogen) atoms. The number of nitrogens with one attached hydrogen (secondary N) is 1. The lowest BCUT2D eigenvalue weighted by Gasteiger charge is -2.35. The van der Waals surface area contributed by atoms with Gasteiger partial charge in [-0.25, -0.2) is 9.97 Å². The largest absolute Gasteiger partial charge is 0.353 e. The van der Waals surface area contributed by atoms with E-state index in [4.69, 9.17) is 0 Å². The van der Waals surface area contributed by atoms with Crippen molar-refractivity contribution in [2.24, 2.45) is 0 Å². The highest BCUT2D eigenvalue weighted by molar-refractivity contribution is 7.15. The molecular formula is C23H25N5O2S. The zero-order valence-corrected chi connectivity index (χ0v) is 18.7. The Morgan fingerprint density at radius 3 is 2.45 bits per heavy atom. The van der Waals surface area contributed by atoms with E-state index in [1.807, 2.05) is 24.1 Å². The van der Waals surface area contributed by atoms with Gasteiger partial charge in [-0.2, -0.15) is 0 Å². The number of benzene rings is 1. The molecule has 1 aliphatic heterocycles. The number of carbonyl (C=O) groups excluding carboxylic acids is 2. The minimum absolute atomic E-state index is 0.0235. The molecule has 1 N–H and O–H groups in total. The summed E-state index contributed by atoms with van der Waals surface area (Å²) in [5, 5.41) is 3.71. The molecule has 3 heterocycles. The van der Waals surface area contributed by atoms with E-state index in [9.17, 15) is 9.59 Å². The first-order valence-corrected chi connectivity index (χ1v) is 11.0. The minimum Gasteiger partial charge on any atom is -0.353 e. The fraction of sp³-hybridized carbons (Fsp3) is 0.304. The SMILES string of the molecule is CC(=O)Nc1cccc(C(=O)N2CCN(c3ccc(-c4nc(C)c(C)s4)cn3)CC2)c1. The third-order valence-electron chi connectivity index (χ3n) is 5.34. The number of rotatable bonds is 4. The van der Waals surface area contributed by atoms with Crippen molar-refractivity contribution < 1.29 is 9.59 Å². The third kappa shape index (κ3) is 4.74. The number of aromatic nitrogens is 2. The van der Waals surface area contributed by atoms with Crippen molar-refractivity contribution >= 4 is 34.7 Å². The Balaban J connectivity index is 1.38. The summed E-state index contributed by atoms with van der Waals surface area (Å²) in [5.41, 5.74) is 3.30. The van der Waals surface area contributed by atoms with Crippen LogP contribution in [0, 0.1) is 13.8 Å². The number of carbonyl (C=O) groups is 2. The molecule has 1 fully saturated rings. The molecule has 8 heteroatoms. The molecule has 0 saturated carbocycles. The molecule has 160 valence electrons. The van der Waals surface area contributed by atoms with Crippen LogP contribution >= 0.6 is 11.3 Å². The topological polar surface area (TPSA) is 78.4 Å². The molecule has 0 radical (unpaired) electrons. The lowest BCUT2D eigenvalue weighted by molar-refractivity contribution is -0.114. The van der Waals surface area contributed by atoms with Gasteiger partial charge in [0.1, 0.15) is 10.8 Å². The molecule has 1 aromatic carbocycles. The van der Waals surface area contributed by atoms with Crippen LogP contribution in [0.25, 0.3) is 10.6 Å². The molecular weight excluding hydrogens is 410 g/mol. The van der Waals surface area contributed by atoms with E-state index in [2.05, 4.69) is 33.2 Å². The smallest absolute Gasteiger partial charge is 0.254 e. The number of anilines is 2. The third-order valence-corrected chi connectivity index (χ3v) is 6.47. The van der Waals surface area contributed by atoms with Gasteiger partial charge in [-0.05, 0) is 44.2 Å². The predicted octanol–water partition coefficient (Wildman–Crippen LogP) is 3.74. The van der Waals surface area contributed by atoms with E-state index in [0.717, 1.165) is 35.2 Å². The standard InChI is InChI=1S/C23H25N5O2S/c1-15-16(2)31-22(25-15)19-7-8-21(24-14-19)27-9-11-28(12-10-27)23(30)18-5-4-6-20(13-18)26-17(3)29/h4-8,13-14H,9-12H2,1-3H3,(H,26,29). The van der Waals surface area contributed by atoms with Crippen LogP contribution in [-0.4, -0.2) is 52.9 Å². The van der Waals surface area contributed by atoms with E-state index >= 15 is 0 Å². The highest BCUT2D eigenvalue weighted by Crippen LogP contribution is 2.28. The zero-order chi connectivity index (χ0) is 22.0. The van der Waals surface area contributed by atoms with Crippen molar-refractivity contribution in [3.8, 4) is 10.6 Å². The van der Waals surface area contributed by atoms with Gasteiger partial charge in [-0.1, -0.05) is 6.07 Å². The summed E-state index contributed by atoms with van der Waals surface area (Å²) in [6.45, 7) is 8.24. The number of pyridine rings is 1. The van der Waals surface area contributed by atoms with Crippen LogP contribution < -0.4 is 10.2 Å². The summed E-state index contributed by atoms with van der Waals surface area (Å²) in [6, 6.07) is 11.1. The van der Waals surface area contributed by atoms with Crippen molar-refractivity contribution in [3.05, 3.63) is 58.7 Å². The maximum Gasteiger partial charge on any atom is 0.254 e. The van der Waals surface area contributed by atoms with Crippen LogP contribution in [0.2, 0.25) is 0 Å². The number of aryl methyl sites for hydroxylation is 2. The minimum atomic E-state index is -0.156. The van der Waals surface area contributed by atoms with Gasteiger partial charge in [0.05, 0.1) is 5.69 Å². The van der Waals surface area contributed by atoms with Crippen molar-refractivity contribution in [1.82, 2.24) is 14.9 Å². The Kier molecular flexibility index (Phi) is 5.99. The van der Waals surface area contributed by atoms with Gasteiger partial charge in [-0.15, -0.1) is 11.3 Å². The van der Waals surface area contributed by atoms with E-state index in [0.29, 0.717) is 24.3 Å². The number of amides is 2. The monoisotopic (exact) mass is 435 g/mol. The van der Waals surface area contributed by atoms with Crippen LogP contribution in [0.3, 0.4) is 0 Å². The summed E-state index contributed by atoms with van der Waals surface area (Å²) in [6.07, 6.45) is 1.87. The van der Waals surface area contributed by atoms with Gasteiger partial charge in [0.2, 0.25) is 5.91 Å². The Morgan fingerprint density at radius 2 is 1.84 bits per heavy atom. The number of hydrogen-bond donors (Lipinski definition) is 1. The van der Waals surface area contributed by atoms with Crippen LogP contribution in [0.15, 0.2) is 42.6 Å². The average molecular weight is 436 g/mol. The van der Waals surface area contributed by atoms with E-state index in [1.54, 1.807) is 35.6 Å². The summed E-state index contributed by atoms with van der Waals surface area (Å²) < 4.78 is 0.